The lowest BCUT2D eigenvalue weighted by atomic mass is 10.2. The van der Waals surface area contributed by atoms with Gasteiger partial charge < -0.3 is 20.5 Å². The van der Waals surface area contributed by atoms with Crippen LogP contribution in [0.1, 0.15) is 30.2 Å². The second-order valence-corrected chi connectivity index (χ2v) is 5.70. The fourth-order valence-electron chi connectivity index (χ4n) is 2.42. The van der Waals surface area contributed by atoms with Crippen LogP contribution in [0.4, 0.5) is 4.79 Å². The summed E-state index contributed by atoms with van der Waals surface area (Å²) in [6.07, 6.45) is 2.76. The number of carbonyl (C=O) groups excluding carboxylic acids is 1. The standard InChI is InChI=1S/C13H18N2O4S/c1-19-9-5-2-4-8(9)14-13(18)15-11(12(16)17)10-6-3-7-20-10/h3,6-9,11H,2,4-5H2,1H3,(H,16,17)(H2,14,15,18). The lowest BCUT2D eigenvalue weighted by Gasteiger charge is -2.21. The molecule has 110 valence electrons. The van der Waals surface area contributed by atoms with Crippen LogP contribution in [0, 0.1) is 0 Å². The average molecular weight is 298 g/mol. The molecule has 1 aliphatic carbocycles. The zero-order chi connectivity index (χ0) is 14.5. The van der Waals surface area contributed by atoms with Crippen LogP contribution in [0.3, 0.4) is 0 Å². The molecule has 0 bridgehead atoms. The van der Waals surface area contributed by atoms with E-state index in [9.17, 15) is 14.7 Å². The van der Waals surface area contributed by atoms with E-state index in [1.54, 1.807) is 24.6 Å². The second kappa shape index (κ2) is 6.71. The average Bonchev–Trinajstić information content (AvgIpc) is 3.06. The van der Waals surface area contributed by atoms with Gasteiger partial charge in [0.25, 0.3) is 0 Å². The number of aliphatic carboxylic acids is 1. The molecule has 2 rings (SSSR count). The number of carboxylic acids is 1. The van der Waals surface area contributed by atoms with E-state index in [0.29, 0.717) is 4.88 Å². The fraction of sp³-hybridized carbons (Fsp3) is 0.538. The highest BCUT2D eigenvalue weighted by Crippen LogP contribution is 2.22. The summed E-state index contributed by atoms with van der Waals surface area (Å²) in [4.78, 5) is 23.8. The van der Waals surface area contributed by atoms with Gasteiger partial charge >= 0.3 is 12.0 Å². The van der Waals surface area contributed by atoms with Gasteiger partial charge in [0, 0.05) is 12.0 Å². The number of thiophene rings is 1. The van der Waals surface area contributed by atoms with Gasteiger partial charge in [0.15, 0.2) is 6.04 Å². The molecule has 1 aromatic rings. The molecule has 20 heavy (non-hydrogen) atoms. The highest BCUT2D eigenvalue weighted by atomic mass is 32.1. The number of methoxy groups -OCH3 is 1. The van der Waals surface area contributed by atoms with Gasteiger partial charge in [-0.2, -0.15) is 0 Å². The fourth-order valence-corrected chi connectivity index (χ4v) is 3.19. The van der Waals surface area contributed by atoms with E-state index >= 15 is 0 Å². The summed E-state index contributed by atoms with van der Waals surface area (Å²) in [5.74, 6) is -1.07. The van der Waals surface area contributed by atoms with Gasteiger partial charge in [-0.15, -0.1) is 11.3 Å². The van der Waals surface area contributed by atoms with Crippen LogP contribution < -0.4 is 10.6 Å². The number of hydrogen-bond donors (Lipinski definition) is 3. The monoisotopic (exact) mass is 298 g/mol. The molecule has 0 radical (unpaired) electrons. The molecule has 1 fully saturated rings. The first-order valence-electron chi connectivity index (χ1n) is 6.48. The van der Waals surface area contributed by atoms with Gasteiger partial charge in [0.1, 0.15) is 0 Å². The number of hydrogen-bond acceptors (Lipinski definition) is 4. The molecule has 0 saturated heterocycles. The normalized spacial score (nSPS) is 23.2. The number of nitrogens with one attached hydrogen (secondary N) is 2. The minimum absolute atomic E-state index is 0.00534. The Hall–Kier alpha value is -1.60. The van der Waals surface area contributed by atoms with Gasteiger partial charge in [0.2, 0.25) is 0 Å². The van der Waals surface area contributed by atoms with Crippen molar-refractivity contribution >= 4 is 23.3 Å². The van der Waals surface area contributed by atoms with Gasteiger partial charge in [-0.3, -0.25) is 0 Å². The van der Waals surface area contributed by atoms with Crippen LogP contribution >= 0.6 is 11.3 Å². The van der Waals surface area contributed by atoms with Crippen LogP contribution in [0.2, 0.25) is 0 Å². The number of amides is 2. The maximum absolute atomic E-state index is 11.9. The third kappa shape index (κ3) is 3.49. The molecule has 3 N–H and O–H groups in total. The molecule has 0 aromatic carbocycles. The molecule has 2 amide bonds. The molecule has 1 saturated carbocycles. The van der Waals surface area contributed by atoms with Crippen LogP contribution in [0.5, 0.6) is 0 Å². The third-order valence-corrected chi connectivity index (χ3v) is 4.36. The Kier molecular flexibility index (Phi) is 4.97. The van der Waals surface area contributed by atoms with Gasteiger partial charge in [0.05, 0.1) is 12.1 Å². The van der Waals surface area contributed by atoms with E-state index in [-0.39, 0.29) is 12.1 Å². The van der Waals surface area contributed by atoms with E-state index in [1.165, 1.54) is 11.3 Å². The maximum atomic E-state index is 11.9. The summed E-state index contributed by atoms with van der Waals surface area (Å²) in [7, 11) is 1.62. The van der Waals surface area contributed by atoms with Crippen LogP contribution in [0.15, 0.2) is 17.5 Å². The number of carbonyl (C=O) groups is 2. The van der Waals surface area contributed by atoms with Crippen molar-refractivity contribution in [2.45, 2.75) is 37.5 Å². The molecule has 3 unspecified atom stereocenters. The lowest BCUT2D eigenvalue weighted by molar-refractivity contribution is -0.139. The summed E-state index contributed by atoms with van der Waals surface area (Å²) in [6.45, 7) is 0. The molecule has 1 heterocycles. The highest BCUT2D eigenvalue weighted by molar-refractivity contribution is 7.10. The van der Waals surface area contributed by atoms with Crippen LogP contribution in [0.25, 0.3) is 0 Å². The predicted molar refractivity (Wildman–Crippen MR) is 74.8 cm³/mol. The van der Waals surface area contributed by atoms with E-state index in [4.69, 9.17) is 4.74 Å². The number of ether oxygens (including phenoxy) is 1. The van der Waals surface area contributed by atoms with E-state index in [0.717, 1.165) is 19.3 Å². The molecular weight excluding hydrogens is 280 g/mol. The summed E-state index contributed by atoms with van der Waals surface area (Å²) in [5.41, 5.74) is 0. The third-order valence-electron chi connectivity index (χ3n) is 3.42. The van der Waals surface area contributed by atoms with Crippen LogP contribution in [-0.4, -0.2) is 36.4 Å². The first kappa shape index (κ1) is 14.8. The van der Waals surface area contributed by atoms with Crippen molar-refractivity contribution in [1.29, 1.82) is 0 Å². The first-order valence-corrected chi connectivity index (χ1v) is 7.36. The quantitative estimate of drug-likeness (QED) is 0.772. The zero-order valence-corrected chi connectivity index (χ0v) is 12.0. The molecule has 7 heteroatoms. The maximum Gasteiger partial charge on any atom is 0.331 e. The Morgan fingerprint density at radius 3 is 2.90 bits per heavy atom. The van der Waals surface area contributed by atoms with Crippen molar-refractivity contribution in [3.05, 3.63) is 22.4 Å². The van der Waals surface area contributed by atoms with Crippen molar-refractivity contribution in [2.24, 2.45) is 0 Å². The van der Waals surface area contributed by atoms with Crippen molar-refractivity contribution in [2.75, 3.05) is 7.11 Å². The van der Waals surface area contributed by atoms with E-state index in [2.05, 4.69) is 10.6 Å². The molecule has 0 aliphatic heterocycles. The van der Waals surface area contributed by atoms with E-state index < -0.39 is 18.0 Å². The highest BCUT2D eigenvalue weighted by Gasteiger charge is 2.30. The van der Waals surface area contributed by atoms with Gasteiger partial charge in [-0.25, -0.2) is 9.59 Å². The smallest absolute Gasteiger partial charge is 0.331 e. The number of carboxylic acid groups (broad SMARTS) is 1. The summed E-state index contributed by atoms with van der Waals surface area (Å²) in [6, 6.07) is 1.90. The largest absolute Gasteiger partial charge is 0.479 e. The number of urea groups is 1. The topological polar surface area (TPSA) is 87.7 Å². The predicted octanol–water partition coefficient (Wildman–Crippen LogP) is 1.74. The second-order valence-electron chi connectivity index (χ2n) is 4.72. The summed E-state index contributed by atoms with van der Waals surface area (Å²) >= 11 is 1.30. The Morgan fingerprint density at radius 1 is 1.50 bits per heavy atom. The van der Waals surface area contributed by atoms with Gasteiger partial charge in [-0.1, -0.05) is 6.07 Å². The Labute approximate surface area is 121 Å². The van der Waals surface area contributed by atoms with Crippen molar-refractivity contribution in [1.82, 2.24) is 10.6 Å². The van der Waals surface area contributed by atoms with Crippen molar-refractivity contribution < 1.29 is 19.4 Å². The minimum Gasteiger partial charge on any atom is -0.479 e. The molecule has 1 aromatic heterocycles. The van der Waals surface area contributed by atoms with Crippen molar-refractivity contribution in [3.63, 3.8) is 0 Å². The Balaban J connectivity index is 1.94. The first-order chi connectivity index (χ1) is 9.61. The lowest BCUT2D eigenvalue weighted by Crippen LogP contribution is -2.47. The Morgan fingerprint density at radius 2 is 2.30 bits per heavy atom. The summed E-state index contributed by atoms with van der Waals surface area (Å²) in [5, 5.41) is 16.3. The van der Waals surface area contributed by atoms with Crippen molar-refractivity contribution in [3.8, 4) is 0 Å². The van der Waals surface area contributed by atoms with Gasteiger partial charge in [-0.05, 0) is 30.7 Å². The van der Waals surface area contributed by atoms with Crippen LogP contribution in [-0.2, 0) is 9.53 Å². The van der Waals surface area contributed by atoms with E-state index in [1.807, 2.05) is 0 Å². The molecule has 1 aliphatic rings. The molecular formula is C13H18N2O4S. The molecule has 6 nitrogen and oxygen atoms in total. The SMILES string of the molecule is COC1CCCC1NC(=O)NC(C(=O)O)c1cccs1. The molecule has 3 atom stereocenters. The number of rotatable bonds is 5. The zero-order valence-electron chi connectivity index (χ0n) is 11.2. The Bertz CT molecular complexity index is 463. The molecule has 0 spiro atoms. The summed E-state index contributed by atoms with van der Waals surface area (Å²) < 4.78 is 5.29. The minimum atomic E-state index is -1.07.